The topological polar surface area (TPSA) is 258 Å². The molecule has 436 valence electrons. The zero-order valence-corrected chi connectivity index (χ0v) is 51.8. The van der Waals surface area contributed by atoms with Crippen LogP contribution in [0.25, 0.3) is 44.3 Å². The number of carbonyl (C=O) groups excluding carboxylic acids is 3. The SMILES string of the molecule is C[Si](C)(C)C#CC(=O)Nc1ccc(C(=O)NC23CCCC(Nc4ncc(Cl)c(-c5c[nH]c6ccccc56)n4)(C2)C3)cc1.C[Si](C)(C)C#CC(=O)O.Nc1ccc(C(=O)NC23CCCC(Nc4ncc(Cl)c(-c5c[nH]c6ccccc56)n4)(C2)C3)cc1. The third kappa shape index (κ3) is 14.2. The number of para-hydroxylation sites is 2. The van der Waals surface area contributed by atoms with Gasteiger partial charge < -0.3 is 47.4 Å². The lowest BCUT2D eigenvalue weighted by molar-refractivity contribution is -0.130. The quantitative estimate of drug-likeness (QED) is 0.0333. The number of carboxylic acid groups (broad SMARTS) is 1. The Morgan fingerprint density at radius 1 is 0.576 bits per heavy atom. The van der Waals surface area contributed by atoms with Gasteiger partial charge in [0.1, 0.15) is 16.1 Å². The van der Waals surface area contributed by atoms with E-state index in [0.29, 0.717) is 55.8 Å². The van der Waals surface area contributed by atoms with Gasteiger partial charge in [0.25, 0.3) is 17.7 Å². The van der Waals surface area contributed by atoms with Gasteiger partial charge in [0.15, 0.2) is 0 Å². The molecule has 4 heterocycles. The van der Waals surface area contributed by atoms with Crippen LogP contribution in [0.1, 0.15) is 84.9 Å². The second-order valence-corrected chi connectivity index (χ2v) is 35.2. The number of halogens is 2. The molecule has 0 radical (unpaired) electrons. The van der Waals surface area contributed by atoms with Crippen molar-refractivity contribution < 1.29 is 24.3 Å². The predicted molar refractivity (Wildman–Crippen MR) is 344 cm³/mol. The highest BCUT2D eigenvalue weighted by Gasteiger charge is 2.59. The van der Waals surface area contributed by atoms with Crippen LogP contribution in [-0.2, 0) is 9.59 Å². The molecule has 85 heavy (non-hydrogen) atoms. The highest BCUT2D eigenvalue weighted by molar-refractivity contribution is 6.84. The van der Waals surface area contributed by atoms with Gasteiger partial charge in [-0.3, -0.25) is 14.4 Å². The second-order valence-electron chi connectivity index (χ2n) is 24.9. The van der Waals surface area contributed by atoms with E-state index in [-0.39, 0.29) is 39.9 Å². The first kappa shape index (κ1) is 59.7. The summed E-state index contributed by atoms with van der Waals surface area (Å²) in [6.45, 7) is 12.3. The molecular weight excluding hydrogens is 1140 g/mol. The number of benzene rings is 4. The number of aromatic nitrogens is 6. The maximum Gasteiger partial charge on any atom is 0.381 e. The number of hydrogen-bond donors (Lipinski definition) is 9. The Bertz CT molecular complexity index is 3990. The molecule has 3 amide bonds. The van der Waals surface area contributed by atoms with Gasteiger partial charge in [-0.2, -0.15) is 0 Å². The van der Waals surface area contributed by atoms with Gasteiger partial charge in [0, 0.05) is 95.9 Å². The van der Waals surface area contributed by atoms with Crippen molar-refractivity contribution >= 4 is 108 Å². The molecule has 6 aliphatic carbocycles. The van der Waals surface area contributed by atoms with Crippen LogP contribution in [0.5, 0.6) is 0 Å². The standard InChI is InChI=1S/C32H33ClN6O2Si.C26H25ClN6O.C6H10O2Si/c1-42(2,3)16-13-27(40)36-22-11-9-21(10-12-22)29(41)38-31-14-6-15-32(19-31,20-31)39-30-35-18-25(33)28(37-30)24-17-34-26-8-5-4-7-23(24)26;27-20-13-30-24(31-22(20)19-12-29-21-5-2-1-4-18(19)21)33-26-11-3-10-25(14-26,15-26)32-23(34)16-6-8-17(28)9-7-16;1-9(2,3)5-4-6(7)8/h4-5,7-12,17-18,34H,6,14-15,19-20H2,1-3H3,(H,36,40)(H,38,41)(H,35,37,39);1-2,4-9,12-13,29H,3,10-11,14-15,28H2,(H,32,34)(H,30,31,33);1-3H3,(H,7,8). The molecule has 0 spiro atoms. The van der Waals surface area contributed by atoms with Gasteiger partial charge in [-0.25, -0.2) is 24.7 Å². The lowest BCUT2D eigenvalue weighted by atomic mass is 9.54. The molecular formula is C64H68Cl2N12O5Si2. The van der Waals surface area contributed by atoms with Gasteiger partial charge in [-0.1, -0.05) is 98.9 Å². The summed E-state index contributed by atoms with van der Waals surface area (Å²) in [7, 11) is -3.09. The molecule has 0 atom stereocenters. The van der Waals surface area contributed by atoms with Gasteiger partial charge in [0.2, 0.25) is 11.9 Å². The summed E-state index contributed by atoms with van der Waals surface area (Å²) in [5.41, 5.74) is 18.5. The summed E-state index contributed by atoms with van der Waals surface area (Å²) in [5.74, 6) is 4.34. The largest absolute Gasteiger partial charge is 0.472 e. The van der Waals surface area contributed by atoms with Crippen molar-refractivity contribution in [2.24, 2.45) is 0 Å². The van der Waals surface area contributed by atoms with E-state index in [4.69, 9.17) is 44.0 Å². The second kappa shape index (κ2) is 23.9. The number of nitrogens with one attached hydrogen (secondary N) is 7. The number of rotatable bonds is 11. The van der Waals surface area contributed by atoms with E-state index < -0.39 is 22.1 Å². The number of aliphatic carboxylic acids is 1. The summed E-state index contributed by atoms with van der Waals surface area (Å²) in [6, 6.07) is 30.1. The Morgan fingerprint density at radius 3 is 1.41 bits per heavy atom. The first-order valence-electron chi connectivity index (χ1n) is 28.3. The number of H-pyrrole nitrogens is 2. The number of carboxylic acids is 1. The van der Waals surface area contributed by atoms with Crippen molar-refractivity contribution in [2.75, 3.05) is 21.7 Å². The maximum absolute atomic E-state index is 13.2. The number of aromatic amines is 2. The van der Waals surface area contributed by atoms with E-state index in [0.717, 1.165) is 97.1 Å². The fourth-order valence-electron chi connectivity index (χ4n) is 12.2. The number of nitrogens with two attached hydrogens (primary N) is 1. The van der Waals surface area contributed by atoms with Crippen molar-refractivity contribution in [1.29, 1.82) is 0 Å². The molecule has 0 unspecified atom stereocenters. The monoisotopic (exact) mass is 1210 g/mol. The highest BCUT2D eigenvalue weighted by Crippen LogP contribution is 2.55. The molecule has 6 fully saturated rings. The van der Waals surface area contributed by atoms with Crippen LogP contribution in [0.4, 0.5) is 23.3 Å². The molecule has 4 aromatic carbocycles. The minimum absolute atomic E-state index is 0.0557. The average molecular weight is 1210 g/mol. The number of amides is 3. The Labute approximate surface area is 505 Å². The summed E-state index contributed by atoms with van der Waals surface area (Å²) in [6.07, 6.45) is 16.3. The Hall–Kier alpha value is -8.47. The van der Waals surface area contributed by atoms with E-state index >= 15 is 0 Å². The highest BCUT2D eigenvalue weighted by atomic mass is 35.5. The molecule has 14 rings (SSSR count). The molecule has 6 saturated carbocycles. The van der Waals surface area contributed by atoms with Crippen LogP contribution in [0, 0.1) is 22.9 Å². The van der Waals surface area contributed by atoms with E-state index in [1.807, 2.05) is 74.5 Å². The van der Waals surface area contributed by atoms with Crippen LogP contribution in [0.15, 0.2) is 122 Å². The van der Waals surface area contributed by atoms with Gasteiger partial charge in [0.05, 0.1) is 33.8 Å². The van der Waals surface area contributed by atoms with Gasteiger partial charge in [-0.15, -0.1) is 11.1 Å². The fraction of sp³-hybridized carbons (Fsp3) is 0.312. The smallest absolute Gasteiger partial charge is 0.381 e. The van der Waals surface area contributed by atoms with E-state index in [2.05, 4.69) is 95.2 Å². The Balaban J connectivity index is 0.000000168. The minimum Gasteiger partial charge on any atom is -0.472 e. The van der Waals surface area contributed by atoms with Gasteiger partial charge in [-0.05, 0) is 131 Å². The summed E-state index contributed by atoms with van der Waals surface area (Å²) in [4.78, 5) is 73.2. The van der Waals surface area contributed by atoms with E-state index in [9.17, 15) is 19.2 Å². The van der Waals surface area contributed by atoms with Crippen LogP contribution >= 0.6 is 23.2 Å². The molecule has 8 aromatic rings. The molecule has 4 bridgehead atoms. The lowest BCUT2D eigenvalue weighted by Gasteiger charge is -2.61. The van der Waals surface area contributed by atoms with Crippen LogP contribution in [0.3, 0.4) is 0 Å². The van der Waals surface area contributed by atoms with Gasteiger partial charge >= 0.3 is 5.97 Å². The molecule has 4 aromatic heterocycles. The maximum atomic E-state index is 13.2. The summed E-state index contributed by atoms with van der Waals surface area (Å²) in [5, 5.41) is 27.8. The van der Waals surface area contributed by atoms with Crippen LogP contribution < -0.4 is 32.3 Å². The van der Waals surface area contributed by atoms with Crippen molar-refractivity contribution in [3.05, 3.63) is 143 Å². The normalized spacial score (nSPS) is 20.8. The first-order valence-corrected chi connectivity index (χ1v) is 36.1. The lowest BCUT2D eigenvalue weighted by Crippen LogP contribution is -2.70. The summed E-state index contributed by atoms with van der Waals surface area (Å²) < 4.78 is 0. The molecule has 10 N–H and O–H groups in total. The fourth-order valence-corrected chi connectivity index (χ4v) is 13.5. The zero-order valence-electron chi connectivity index (χ0n) is 48.3. The number of nitrogens with zero attached hydrogens (tertiary/aromatic N) is 4. The minimum atomic E-state index is -1.63. The van der Waals surface area contributed by atoms with Crippen molar-refractivity contribution in [2.45, 2.75) is 126 Å². The average Bonchev–Trinajstić information content (AvgIpc) is 2.83. The number of nitrogen functional groups attached to an aromatic ring is 1. The third-order valence-electron chi connectivity index (χ3n) is 15.7. The van der Waals surface area contributed by atoms with Crippen LogP contribution in [-0.4, -0.2) is 97.0 Å². The molecule has 17 nitrogen and oxygen atoms in total. The Morgan fingerprint density at radius 2 is 0.988 bits per heavy atom. The molecule has 21 heteroatoms. The third-order valence-corrected chi connectivity index (χ3v) is 18.0. The predicted octanol–water partition coefficient (Wildman–Crippen LogP) is 12.5. The number of carbonyl (C=O) groups is 4. The number of fused-ring (bicyclic) bond motifs is 6. The molecule has 0 saturated heterocycles. The summed E-state index contributed by atoms with van der Waals surface area (Å²) >= 11 is 13.0. The van der Waals surface area contributed by atoms with E-state index in [1.165, 1.54) is 0 Å². The van der Waals surface area contributed by atoms with Crippen molar-refractivity contribution in [3.8, 4) is 45.4 Å². The first-order chi connectivity index (χ1) is 40.4. The van der Waals surface area contributed by atoms with Crippen molar-refractivity contribution in [1.82, 2.24) is 40.5 Å². The number of hydrogen-bond acceptors (Lipinski definition) is 11. The van der Waals surface area contributed by atoms with Crippen molar-refractivity contribution in [3.63, 3.8) is 0 Å². The van der Waals surface area contributed by atoms with Crippen LogP contribution in [0.2, 0.25) is 49.3 Å². The number of anilines is 4. The Kier molecular flexibility index (Phi) is 16.8. The molecule has 6 aliphatic rings. The molecule has 0 aliphatic heterocycles. The zero-order chi connectivity index (χ0) is 60.4. The van der Waals surface area contributed by atoms with E-state index in [1.54, 1.807) is 60.9 Å².